The third-order valence-electron chi connectivity index (χ3n) is 11.4. The van der Waals surface area contributed by atoms with Gasteiger partial charge in [-0.25, -0.2) is 0 Å². The molecule has 3 heteroatoms. The minimum absolute atomic E-state index is 0.603. The molecule has 0 spiro atoms. The molecule has 0 radical (unpaired) electrons. The van der Waals surface area contributed by atoms with Crippen LogP contribution in [0.3, 0.4) is 0 Å². The molecule has 0 aromatic rings. The minimum atomic E-state index is 0.603. The van der Waals surface area contributed by atoms with Gasteiger partial charge in [-0.2, -0.15) is 0 Å². The summed E-state index contributed by atoms with van der Waals surface area (Å²) >= 11 is 0. The molecule has 0 bridgehead atoms. The van der Waals surface area contributed by atoms with Gasteiger partial charge in [0.2, 0.25) is 0 Å². The van der Waals surface area contributed by atoms with Gasteiger partial charge < -0.3 is 9.80 Å². The standard InChI is InChI=1S/C37H69N3/c38-37(39(33-25-17-9-1-2-10-18-26-33)34-27-19-11-3-4-12-20-28-34)40(35-29-21-13-5-6-14-22-30-35)36-31-23-15-7-8-16-24-32-36/h33-36,38H,1-32H2. The van der Waals surface area contributed by atoms with Gasteiger partial charge in [-0.05, 0) is 51.4 Å². The molecule has 40 heavy (non-hydrogen) atoms. The molecule has 0 heterocycles. The molecule has 4 saturated carbocycles. The number of nitrogens with zero attached hydrogens (tertiary/aromatic N) is 2. The predicted octanol–water partition coefficient (Wildman–Crippen LogP) is 11.5. The van der Waals surface area contributed by atoms with Crippen LogP contribution < -0.4 is 0 Å². The SMILES string of the molecule is N=C(N(C1CCCCCCCC1)C1CCCCCCCC1)N(C1CCCCCCCC1)C1CCCCCCCC1. The Hall–Kier alpha value is -0.730. The van der Waals surface area contributed by atoms with Crippen molar-refractivity contribution in [3.8, 4) is 0 Å². The Kier molecular flexibility index (Phi) is 15.7. The maximum absolute atomic E-state index is 10.3. The van der Waals surface area contributed by atoms with Crippen LogP contribution in [0.2, 0.25) is 0 Å². The molecule has 3 nitrogen and oxygen atoms in total. The fourth-order valence-electron chi connectivity index (χ4n) is 8.98. The predicted molar refractivity (Wildman–Crippen MR) is 174 cm³/mol. The monoisotopic (exact) mass is 556 g/mol. The van der Waals surface area contributed by atoms with Crippen molar-refractivity contribution < 1.29 is 0 Å². The molecule has 0 aliphatic heterocycles. The van der Waals surface area contributed by atoms with Crippen molar-refractivity contribution >= 4 is 5.96 Å². The summed E-state index contributed by atoms with van der Waals surface area (Å²) in [5.41, 5.74) is 0. The van der Waals surface area contributed by atoms with E-state index in [2.05, 4.69) is 9.80 Å². The van der Waals surface area contributed by atoms with E-state index in [-0.39, 0.29) is 0 Å². The Morgan fingerprint density at radius 2 is 0.425 bits per heavy atom. The van der Waals surface area contributed by atoms with Crippen molar-refractivity contribution in [1.82, 2.24) is 9.80 Å². The molecular weight excluding hydrogens is 486 g/mol. The molecule has 0 saturated heterocycles. The smallest absolute Gasteiger partial charge is 0.194 e. The summed E-state index contributed by atoms with van der Waals surface area (Å²) in [4.78, 5) is 5.71. The van der Waals surface area contributed by atoms with E-state index in [0.29, 0.717) is 24.2 Å². The molecular formula is C37H69N3. The second-order valence-electron chi connectivity index (χ2n) is 14.5. The van der Waals surface area contributed by atoms with E-state index in [1.807, 2.05) is 0 Å². The quantitative estimate of drug-likeness (QED) is 0.276. The zero-order valence-electron chi connectivity index (χ0n) is 26.8. The van der Waals surface area contributed by atoms with Crippen molar-refractivity contribution in [2.75, 3.05) is 0 Å². The van der Waals surface area contributed by atoms with Crippen molar-refractivity contribution in [3.05, 3.63) is 0 Å². The fraction of sp³-hybridized carbons (Fsp3) is 0.973. The van der Waals surface area contributed by atoms with Gasteiger partial charge in [0, 0.05) is 24.2 Å². The minimum Gasteiger partial charge on any atom is -0.337 e. The lowest BCUT2D eigenvalue weighted by Crippen LogP contribution is -2.58. The highest BCUT2D eigenvalue weighted by atomic mass is 15.4. The van der Waals surface area contributed by atoms with Crippen molar-refractivity contribution in [2.24, 2.45) is 0 Å². The van der Waals surface area contributed by atoms with E-state index >= 15 is 0 Å². The van der Waals surface area contributed by atoms with Gasteiger partial charge in [0.05, 0.1) is 0 Å². The zero-order chi connectivity index (χ0) is 27.7. The normalized spacial score (nSPS) is 26.0. The van der Waals surface area contributed by atoms with Gasteiger partial charge in [-0.15, -0.1) is 0 Å². The van der Waals surface area contributed by atoms with Crippen LogP contribution in [-0.2, 0) is 0 Å². The van der Waals surface area contributed by atoms with E-state index < -0.39 is 0 Å². The van der Waals surface area contributed by atoms with Crippen LogP contribution in [-0.4, -0.2) is 39.9 Å². The highest BCUT2D eigenvalue weighted by molar-refractivity contribution is 5.78. The molecule has 4 fully saturated rings. The molecule has 0 atom stereocenters. The molecule has 4 aliphatic carbocycles. The van der Waals surface area contributed by atoms with Crippen LogP contribution in [0, 0.1) is 5.41 Å². The Bertz CT molecular complexity index is 520. The van der Waals surface area contributed by atoms with Gasteiger partial charge in [-0.1, -0.05) is 154 Å². The molecule has 0 unspecified atom stereocenters. The summed E-state index contributed by atoms with van der Waals surface area (Å²) in [6.45, 7) is 0. The highest BCUT2D eigenvalue weighted by Gasteiger charge is 2.36. The Morgan fingerprint density at radius 1 is 0.275 bits per heavy atom. The van der Waals surface area contributed by atoms with Crippen LogP contribution in [0.25, 0.3) is 0 Å². The van der Waals surface area contributed by atoms with Crippen LogP contribution >= 0.6 is 0 Å². The average Bonchev–Trinajstić information content (AvgIpc) is 3.32. The summed E-state index contributed by atoms with van der Waals surface area (Å²) in [5.74, 6) is 1.02. The van der Waals surface area contributed by atoms with E-state index in [1.165, 1.54) is 205 Å². The first-order valence-electron chi connectivity index (χ1n) is 19.0. The van der Waals surface area contributed by atoms with E-state index in [0.717, 1.165) is 5.96 Å². The Morgan fingerprint density at radius 3 is 0.600 bits per heavy atom. The van der Waals surface area contributed by atoms with Gasteiger partial charge in [-0.3, -0.25) is 5.41 Å². The first-order chi connectivity index (χ1) is 19.8. The third-order valence-corrected chi connectivity index (χ3v) is 11.4. The topological polar surface area (TPSA) is 30.3 Å². The molecule has 0 aromatic heterocycles. The molecule has 1 N–H and O–H groups in total. The molecule has 0 amide bonds. The first kappa shape index (κ1) is 32.2. The average molecular weight is 556 g/mol. The molecule has 4 aliphatic rings. The number of rotatable bonds is 4. The Labute approximate surface area is 250 Å². The van der Waals surface area contributed by atoms with Crippen molar-refractivity contribution in [2.45, 2.75) is 230 Å². The maximum Gasteiger partial charge on any atom is 0.194 e. The number of hydrogen-bond acceptors (Lipinski definition) is 1. The fourth-order valence-corrected chi connectivity index (χ4v) is 8.98. The van der Waals surface area contributed by atoms with Gasteiger partial charge in [0.15, 0.2) is 5.96 Å². The number of nitrogens with one attached hydrogen (secondary N) is 1. The second kappa shape index (κ2) is 19.5. The molecule has 4 rings (SSSR count). The lowest BCUT2D eigenvalue weighted by atomic mass is 9.94. The molecule has 232 valence electrons. The van der Waals surface area contributed by atoms with E-state index in [9.17, 15) is 5.41 Å². The van der Waals surface area contributed by atoms with Crippen LogP contribution in [0.5, 0.6) is 0 Å². The van der Waals surface area contributed by atoms with Crippen molar-refractivity contribution in [1.29, 1.82) is 5.41 Å². The summed E-state index contributed by atoms with van der Waals surface area (Å²) in [7, 11) is 0. The van der Waals surface area contributed by atoms with E-state index in [1.54, 1.807) is 0 Å². The number of guanidine groups is 1. The summed E-state index contributed by atoms with van der Waals surface area (Å²) in [5, 5.41) is 10.3. The highest BCUT2D eigenvalue weighted by Crippen LogP contribution is 2.34. The summed E-state index contributed by atoms with van der Waals surface area (Å²) < 4.78 is 0. The van der Waals surface area contributed by atoms with Crippen LogP contribution in [0.1, 0.15) is 205 Å². The second-order valence-corrected chi connectivity index (χ2v) is 14.5. The third kappa shape index (κ3) is 10.8. The van der Waals surface area contributed by atoms with Gasteiger partial charge in [0.25, 0.3) is 0 Å². The summed E-state index contributed by atoms with van der Waals surface area (Å²) in [6, 6.07) is 2.41. The molecule has 0 aromatic carbocycles. The lowest BCUT2D eigenvalue weighted by Gasteiger charge is -2.49. The van der Waals surface area contributed by atoms with Gasteiger partial charge in [0.1, 0.15) is 0 Å². The number of hydrogen-bond donors (Lipinski definition) is 1. The van der Waals surface area contributed by atoms with Gasteiger partial charge >= 0.3 is 0 Å². The summed E-state index contributed by atoms with van der Waals surface area (Å²) in [6.07, 6.45) is 44.5. The first-order valence-corrected chi connectivity index (χ1v) is 19.0. The maximum atomic E-state index is 10.3. The van der Waals surface area contributed by atoms with Crippen LogP contribution in [0.15, 0.2) is 0 Å². The largest absolute Gasteiger partial charge is 0.337 e. The van der Waals surface area contributed by atoms with Crippen LogP contribution in [0.4, 0.5) is 0 Å². The van der Waals surface area contributed by atoms with E-state index in [4.69, 9.17) is 0 Å². The zero-order valence-corrected chi connectivity index (χ0v) is 26.8. The van der Waals surface area contributed by atoms with Crippen molar-refractivity contribution in [3.63, 3.8) is 0 Å². The Balaban J connectivity index is 1.65. The lowest BCUT2D eigenvalue weighted by molar-refractivity contribution is 0.113.